The van der Waals surface area contributed by atoms with Crippen LogP contribution in [0.5, 0.6) is 0 Å². The van der Waals surface area contributed by atoms with Gasteiger partial charge in [0.15, 0.2) is 0 Å². The van der Waals surface area contributed by atoms with E-state index in [4.69, 9.17) is 5.73 Å². The zero-order valence-electron chi connectivity index (χ0n) is 28.4. The van der Waals surface area contributed by atoms with Crippen molar-refractivity contribution in [3.8, 4) is 0 Å². The first-order chi connectivity index (χ1) is 21.2. The standard InChI is InChI=1S/C32H54N6O7S/c1-18(2)24(36-30(43)35-23(31(3,4)5)17-37(6)46(7,44)45)29(42)38-16-21-20(11-12-32(21)13-14-32)25(38)28(41)34-22(26(39)27(33)40)15-19-9-8-10-19/h18-25H,8-17H2,1-7H3,(H2,33,40)(H,34,41)(H2,35,36,43)/t20-,21-,22?,23+,24-,25-/m0/s1. The molecule has 1 heterocycles. The molecule has 3 saturated carbocycles. The van der Waals surface area contributed by atoms with Crippen molar-refractivity contribution in [2.45, 2.75) is 110 Å². The Morgan fingerprint density at radius 2 is 1.63 bits per heavy atom. The van der Waals surface area contributed by atoms with E-state index in [1.807, 2.05) is 34.6 Å². The van der Waals surface area contributed by atoms with Gasteiger partial charge >= 0.3 is 6.03 Å². The van der Waals surface area contributed by atoms with Crippen molar-refractivity contribution in [1.82, 2.24) is 25.2 Å². The molecule has 1 unspecified atom stereocenters. The number of urea groups is 1. The van der Waals surface area contributed by atoms with Crippen molar-refractivity contribution in [2.75, 3.05) is 26.4 Å². The van der Waals surface area contributed by atoms with Crippen LogP contribution in [0, 0.1) is 34.5 Å². The Morgan fingerprint density at radius 3 is 2.11 bits per heavy atom. The minimum Gasteiger partial charge on any atom is -0.363 e. The van der Waals surface area contributed by atoms with E-state index in [9.17, 15) is 32.4 Å². The van der Waals surface area contributed by atoms with Gasteiger partial charge < -0.3 is 26.6 Å². The molecule has 14 heteroatoms. The largest absolute Gasteiger partial charge is 0.363 e. The van der Waals surface area contributed by atoms with Crippen molar-refractivity contribution < 1.29 is 32.4 Å². The first kappa shape index (κ1) is 36.1. The molecule has 1 aliphatic heterocycles. The zero-order valence-corrected chi connectivity index (χ0v) is 29.2. The third-order valence-electron chi connectivity index (χ3n) is 11.1. The first-order valence-electron chi connectivity index (χ1n) is 16.7. The molecule has 0 aromatic rings. The van der Waals surface area contributed by atoms with E-state index in [2.05, 4.69) is 16.0 Å². The fourth-order valence-electron chi connectivity index (χ4n) is 7.59. The van der Waals surface area contributed by atoms with Crippen LogP contribution in [0.1, 0.15) is 86.0 Å². The number of Topliss-reactive ketones (excluding diaryl/α,β-unsaturated/α-hetero) is 1. The fraction of sp³-hybridized carbons (Fsp3) is 0.844. The van der Waals surface area contributed by atoms with E-state index in [1.165, 1.54) is 11.4 Å². The number of carbonyl (C=O) groups is 5. The van der Waals surface area contributed by atoms with E-state index in [1.54, 1.807) is 4.90 Å². The van der Waals surface area contributed by atoms with Crippen LogP contribution in [0.2, 0.25) is 0 Å². The lowest BCUT2D eigenvalue weighted by Gasteiger charge is -2.36. The summed E-state index contributed by atoms with van der Waals surface area (Å²) in [4.78, 5) is 68.0. The zero-order chi connectivity index (χ0) is 34.4. The van der Waals surface area contributed by atoms with Crippen LogP contribution in [0.4, 0.5) is 4.79 Å². The van der Waals surface area contributed by atoms with Gasteiger partial charge in [0.05, 0.1) is 12.3 Å². The Morgan fingerprint density at radius 1 is 1.00 bits per heavy atom. The highest BCUT2D eigenvalue weighted by molar-refractivity contribution is 7.88. The van der Waals surface area contributed by atoms with Gasteiger partial charge in [0.25, 0.3) is 5.91 Å². The van der Waals surface area contributed by atoms with E-state index in [-0.39, 0.29) is 41.5 Å². The number of likely N-dealkylation sites (tertiary alicyclic amines) is 1. The lowest BCUT2D eigenvalue weighted by atomic mass is 9.80. The minimum absolute atomic E-state index is 0.0436. The number of sulfonamides is 1. The second-order valence-electron chi connectivity index (χ2n) is 15.7. The summed E-state index contributed by atoms with van der Waals surface area (Å²) in [6.45, 7) is 9.73. The molecular weight excluding hydrogens is 612 g/mol. The highest BCUT2D eigenvalue weighted by Gasteiger charge is 2.63. The highest BCUT2D eigenvalue weighted by atomic mass is 32.2. The maximum atomic E-state index is 14.3. The second kappa shape index (κ2) is 13.4. The number of ketones is 1. The minimum atomic E-state index is -3.49. The van der Waals surface area contributed by atoms with Gasteiger partial charge in [0.2, 0.25) is 27.6 Å². The van der Waals surface area contributed by atoms with Crippen molar-refractivity contribution in [3.05, 3.63) is 0 Å². The van der Waals surface area contributed by atoms with Gasteiger partial charge in [0.1, 0.15) is 12.1 Å². The highest BCUT2D eigenvalue weighted by Crippen LogP contribution is 2.66. The van der Waals surface area contributed by atoms with Gasteiger partial charge in [0, 0.05) is 26.2 Å². The number of fused-ring (bicyclic) bond motifs is 2. The van der Waals surface area contributed by atoms with Gasteiger partial charge in [-0.25, -0.2) is 17.5 Å². The average Bonchev–Trinajstić information content (AvgIpc) is 3.48. The van der Waals surface area contributed by atoms with Gasteiger partial charge in [-0.05, 0) is 66.6 Å². The molecule has 13 nitrogen and oxygen atoms in total. The summed E-state index contributed by atoms with van der Waals surface area (Å²) in [5.41, 5.74) is 4.97. The van der Waals surface area contributed by atoms with Crippen LogP contribution >= 0.6 is 0 Å². The summed E-state index contributed by atoms with van der Waals surface area (Å²) in [7, 11) is -2.04. The third kappa shape index (κ3) is 7.86. The summed E-state index contributed by atoms with van der Waals surface area (Å²) in [6.07, 6.45) is 8.20. The maximum Gasteiger partial charge on any atom is 0.315 e. The number of carbonyl (C=O) groups excluding carboxylic acids is 5. The SMILES string of the molecule is CC(C)[C@H](NC(=O)N[C@H](CN(C)S(C)(=O)=O)C(C)(C)C)C(=O)N1C[C@H]2[C@H](CCC23CC3)[C@H]1C(=O)NC(CC1CCC1)C(=O)C(N)=O. The molecule has 3 aliphatic carbocycles. The molecule has 5 amide bonds. The topological polar surface area (TPSA) is 188 Å². The monoisotopic (exact) mass is 666 g/mol. The van der Waals surface area contributed by atoms with E-state index in [0.29, 0.717) is 13.0 Å². The van der Waals surface area contributed by atoms with Crippen LogP contribution < -0.4 is 21.7 Å². The Bertz CT molecular complexity index is 1320. The number of hydrogen-bond acceptors (Lipinski definition) is 7. The predicted octanol–water partition coefficient (Wildman–Crippen LogP) is 1.36. The molecule has 5 N–H and O–H groups in total. The number of amides is 5. The maximum absolute atomic E-state index is 14.3. The van der Waals surface area contributed by atoms with E-state index in [0.717, 1.165) is 51.2 Å². The molecule has 4 fully saturated rings. The number of nitrogens with one attached hydrogen (secondary N) is 3. The van der Waals surface area contributed by atoms with Crippen LogP contribution in [-0.2, 0) is 29.2 Å². The smallest absolute Gasteiger partial charge is 0.315 e. The molecule has 260 valence electrons. The number of nitrogens with zero attached hydrogens (tertiary/aromatic N) is 2. The summed E-state index contributed by atoms with van der Waals surface area (Å²) in [6, 6.07) is -4.01. The van der Waals surface area contributed by atoms with Gasteiger partial charge in [-0.2, -0.15) is 0 Å². The van der Waals surface area contributed by atoms with Gasteiger partial charge in [-0.1, -0.05) is 53.9 Å². The first-order valence-corrected chi connectivity index (χ1v) is 18.5. The Hall–Kier alpha value is -2.74. The summed E-state index contributed by atoms with van der Waals surface area (Å²) >= 11 is 0. The van der Waals surface area contributed by atoms with Gasteiger partial charge in [-0.15, -0.1) is 0 Å². The van der Waals surface area contributed by atoms with E-state index < -0.39 is 63.2 Å². The summed E-state index contributed by atoms with van der Waals surface area (Å²) in [5.74, 6) is -2.80. The number of nitrogens with two attached hydrogens (primary N) is 1. The predicted molar refractivity (Wildman–Crippen MR) is 172 cm³/mol. The van der Waals surface area contributed by atoms with Crippen molar-refractivity contribution >= 4 is 39.6 Å². The van der Waals surface area contributed by atoms with Crippen LogP contribution in [0.15, 0.2) is 0 Å². The third-order valence-corrected chi connectivity index (χ3v) is 12.4. The van der Waals surface area contributed by atoms with Crippen LogP contribution in [0.25, 0.3) is 0 Å². The van der Waals surface area contributed by atoms with Crippen LogP contribution in [0.3, 0.4) is 0 Å². The lowest BCUT2D eigenvalue weighted by Crippen LogP contribution is -2.60. The molecule has 4 aliphatic rings. The quantitative estimate of drug-likeness (QED) is 0.214. The molecule has 46 heavy (non-hydrogen) atoms. The van der Waals surface area contributed by atoms with E-state index >= 15 is 0 Å². The fourth-order valence-corrected chi connectivity index (χ4v) is 8.01. The van der Waals surface area contributed by atoms with Crippen molar-refractivity contribution in [3.63, 3.8) is 0 Å². The second-order valence-corrected chi connectivity index (χ2v) is 17.8. The van der Waals surface area contributed by atoms with Crippen molar-refractivity contribution in [1.29, 1.82) is 0 Å². The number of hydrogen-bond donors (Lipinski definition) is 4. The molecule has 6 atom stereocenters. The molecule has 4 rings (SSSR count). The molecule has 1 spiro atoms. The molecule has 0 bridgehead atoms. The Labute approximate surface area is 273 Å². The van der Waals surface area contributed by atoms with Gasteiger partial charge in [-0.3, -0.25) is 19.2 Å². The molecule has 0 aromatic heterocycles. The average molecular weight is 667 g/mol. The number of likely N-dealkylation sites (N-methyl/N-ethyl adjacent to an activating group) is 1. The number of primary amides is 1. The molecular formula is C32H54N6O7S. The summed E-state index contributed by atoms with van der Waals surface area (Å²) in [5, 5.41) is 8.54. The number of rotatable bonds is 13. The molecule has 0 radical (unpaired) electrons. The molecule has 0 aromatic carbocycles. The summed E-state index contributed by atoms with van der Waals surface area (Å²) < 4.78 is 25.3. The Kier molecular flexibility index (Phi) is 10.5. The normalized spacial score (nSPS) is 25.8. The lowest BCUT2D eigenvalue weighted by molar-refractivity contribution is -0.143. The van der Waals surface area contributed by atoms with Crippen molar-refractivity contribution in [2.24, 2.45) is 40.2 Å². The van der Waals surface area contributed by atoms with Crippen LogP contribution in [-0.4, -0.2) is 97.7 Å². The Balaban J connectivity index is 1.54. The molecule has 1 saturated heterocycles.